The highest BCUT2D eigenvalue weighted by Crippen LogP contribution is 2.24. The molecule has 20 heavy (non-hydrogen) atoms. The van der Waals surface area contributed by atoms with E-state index in [2.05, 4.69) is 4.98 Å². The van der Waals surface area contributed by atoms with E-state index in [1.165, 1.54) is 17.2 Å². The van der Waals surface area contributed by atoms with Crippen LogP contribution in [-0.2, 0) is 17.7 Å². The third-order valence-corrected chi connectivity index (χ3v) is 2.96. The number of aromatic nitrogens is 1. The molecule has 0 radical (unpaired) electrons. The Hall–Kier alpha value is -1.72. The van der Waals surface area contributed by atoms with Gasteiger partial charge in [0.05, 0.1) is 6.54 Å². The predicted octanol–water partition coefficient (Wildman–Crippen LogP) is 3.31. The zero-order valence-corrected chi connectivity index (χ0v) is 11.8. The zero-order chi connectivity index (χ0) is 14.9. The average Bonchev–Trinajstić information content (AvgIpc) is 2.35. The van der Waals surface area contributed by atoms with Crippen molar-refractivity contribution in [1.29, 1.82) is 0 Å². The molecule has 0 saturated carbocycles. The van der Waals surface area contributed by atoms with Gasteiger partial charge in [0.2, 0.25) is 0 Å². The third kappa shape index (κ3) is 3.43. The summed E-state index contributed by atoms with van der Waals surface area (Å²) < 4.78 is 30.6. The fourth-order valence-electron chi connectivity index (χ4n) is 2.05. The van der Waals surface area contributed by atoms with Crippen molar-refractivity contribution in [2.24, 2.45) is 0 Å². The second-order valence-corrected chi connectivity index (χ2v) is 5.83. The summed E-state index contributed by atoms with van der Waals surface area (Å²) >= 11 is 0. The third-order valence-electron chi connectivity index (χ3n) is 2.96. The molecule has 1 amide bonds. The number of alkyl halides is 2. The lowest BCUT2D eigenvalue weighted by molar-refractivity contribution is 0.0222. The van der Waals surface area contributed by atoms with E-state index in [0.717, 1.165) is 5.69 Å². The molecule has 0 saturated heterocycles. The summed E-state index contributed by atoms with van der Waals surface area (Å²) in [6, 6.07) is 1.42. The molecule has 0 aliphatic carbocycles. The van der Waals surface area contributed by atoms with Gasteiger partial charge in [0.1, 0.15) is 5.60 Å². The summed E-state index contributed by atoms with van der Waals surface area (Å²) in [5.74, 6) is 0. The molecule has 0 unspecified atom stereocenters. The highest BCUT2D eigenvalue weighted by atomic mass is 19.3. The van der Waals surface area contributed by atoms with Crippen LogP contribution in [0.1, 0.15) is 44.0 Å². The Kier molecular flexibility index (Phi) is 3.92. The van der Waals surface area contributed by atoms with Crippen LogP contribution >= 0.6 is 0 Å². The van der Waals surface area contributed by atoms with Crippen LogP contribution in [0.3, 0.4) is 0 Å². The van der Waals surface area contributed by atoms with Crippen LogP contribution in [0.25, 0.3) is 0 Å². The first-order valence-corrected chi connectivity index (χ1v) is 6.50. The van der Waals surface area contributed by atoms with Gasteiger partial charge in [-0.1, -0.05) is 0 Å². The van der Waals surface area contributed by atoms with Crippen molar-refractivity contribution in [3.05, 3.63) is 29.1 Å². The normalized spacial score (nSPS) is 15.2. The maximum absolute atomic E-state index is 12.7. The maximum Gasteiger partial charge on any atom is 0.410 e. The quantitative estimate of drug-likeness (QED) is 0.794. The Labute approximate surface area is 116 Å². The Morgan fingerprint density at radius 3 is 2.75 bits per heavy atom. The SMILES string of the molecule is CC(C)(C)OC(=O)N1CCc2ncc(C(F)F)cc2C1. The van der Waals surface area contributed by atoms with Gasteiger partial charge >= 0.3 is 6.09 Å². The molecule has 1 aliphatic rings. The van der Waals surface area contributed by atoms with Gasteiger partial charge in [0.25, 0.3) is 6.43 Å². The standard InChI is InChI=1S/C14H18F2N2O2/c1-14(2,3)20-13(19)18-5-4-11-10(8-18)6-9(7-17-11)12(15)16/h6-7,12H,4-5,8H2,1-3H3. The summed E-state index contributed by atoms with van der Waals surface area (Å²) in [5, 5.41) is 0. The van der Waals surface area contributed by atoms with Gasteiger partial charge in [-0.25, -0.2) is 13.6 Å². The molecule has 1 aromatic rings. The van der Waals surface area contributed by atoms with E-state index in [-0.39, 0.29) is 12.1 Å². The molecular formula is C14H18F2N2O2. The number of hydrogen-bond acceptors (Lipinski definition) is 3. The first kappa shape index (κ1) is 14.7. The van der Waals surface area contributed by atoms with E-state index < -0.39 is 18.1 Å². The van der Waals surface area contributed by atoms with Gasteiger partial charge in [-0.15, -0.1) is 0 Å². The number of carbonyl (C=O) groups excluding carboxylic acids is 1. The van der Waals surface area contributed by atoms with Crippen LogP contribution < -0.4 is 0 Å². The van der Waals surface area contributed by atoms with Crippen LogP contribution in [0.5, 0.6) is 0 Å². The lowest BCUT2D eigenvalue weighted by atomic mass is 10.0. The molecule has 0 atom stereocenters. The molecule has 4 nitrogen and oxygen atoms in total. The number of pyridine rings is 1. The second kappa shape index (κ2) is 5.34. The van der Waals surface area contributed by atoms with E-state index in [4.69, 9.17) is 4.74 Å². The first-order chi connectivity index (χ1) is 9.26. The van der Waals surface area contributed by atoms with Crippen molar-refractivity contribution in [3.63, 3.8) is 0 Å². The van der Waals surface area contributed by atoms with Gasteiger partial charge in [-0.3, -0.25) is 4.98 Å². The summed E-state index contributed by atoms with van der Waals surface area (Å²) in [4.78, 5) is 17.5. The fourth-order valence-corrected chi connectivity index (χ4v) is 2.05. The number of hydrogen-bond donors (Lipinski definition) is 0. The summed E-state index contributed by atoms with van der Waals surface area (Å²) in [6.07, 6.45) is -1.22. The number of ether oxygens (including phenoxy) is 1. The fraction of sp³-hybridized carbons (Fsp3) is 0.571. The molecule has 0 fully saturated rings. The van der Waals surface area contributed by atoms with Crippen LogP contribution in [0.4, 0.5) is 13.6 Å². The topological polar surface area (TPSA) is 42.4 Å². The van der Waals surface area contributed by atoms with Gasteiger partial charge in [0.15, 0.2) is 0 Å². The molecule has 0 bridgehead atoms. The Balaban J connectivity index is 2.13. The largest absolute Gasteiger partial charge is 0.444 e. The molecule has 0 N–H and O–H groups in total. The van der Waals surface area contributed by atoms with Crippen molar-refractivity contribution in [2.45, 2.75) is 45.8 Å². The van der Waals surface area contributed by atoms with Crippen LogP contribution in [0, 0.1) is 0 Å². The minimum Gasteiger partial charge on any atom is -0.444 e. The van der Waals surface area contributed by atoms with Crippen LogP contribution in [0.2, 0.25) is 0 Å². The minimum atomic E-state index is -2.55. The van der Waals surface area contributed by atoms with Crippen LogP contribution in [-0.4, -0.2) is 28.1 Å². The lowest BCUT2D eigenvalue weighted by Gasteiger charge is -2.30. The monoisotopic (exact) mass is 284 g/mol. The second-order valence-electron chi connectivity index (χ2n) is 5.83. The minimum absolute atomic E-state index is 0.116. The molecule has 2 rings (SSSR count). The number of nitrogens with zero attached hydrogens (tertiary/aromatic N) is 2. The number of carbonyl (C=O) groups is 1. The Morgan fingerprint density at radius 2 is 2.15 bits per heavy atom. The molecule has 1 aliphatic heterocycles. The number of rotatable bonds is 1. The van der Waals surface area contributed by atoms with Crippen molar-refractivity contribution in [2.75, 3.05) is 6.54 Å². The average molecular weight is 284 g/mol. The van der Waals surface area contributed by atoms with Crippen molar-refractivity contribution in [1.82, 2.24) is 9.88 Å². The highest BCUT2D eigenvalue weighted by Gasteiger charge is 2.26. The van der Waals surface area contributed by atoms with E-state index in [1.54, 1.807) is 20.8 Å². The van der Waals surface area contributed by atoms with Gasteiger partial charge in [-0.05, 0) is 32.4 Å². The van der Waals surface area contributed by atoms with E-state index >= 15 is 0 Å². The lowest BCUT2D eigenvalue weighted by Crippen LogP contribution is -2.40. The van der Waals surface area contributed by atoms with E-state index in [0.29, 0.717) is 18.5 Å². The molecule has 6 heteroatoms. The molecule has 2 heterocycles. The molecule has 0 spiro atoms. The Bertz CT molecular complexity index is 512. The maximum atomic E-state index is 12.7. The number of halogens is 2. The predicted molar refractivity (Wildman–Crippen MR) is 69.5 cm³/mol. The number of amides is 1. The first-order valence-electron chi connectivity index (χ1n) is 6.50. The smallest absolute Gasteiger partial charge is 0.410 e. The van der Waals surface area contributed by atoms with Gasteiger partial charge < -0.3 is 9.64 Å². The van der Waals surface area contributed by atoms with Crippen molar-refractivity contribution in [3.8, 4) is 0 Å². The van der Waals surface area contributed by atoms with Crippen LogP contribution in [0.15, 0.2) is 12.3 Å². The Morgan fingerprint density at radius 1 is 1.45 bits per heavy atom. The summed E-state index contributed by atoms with van der Waals surface area (Å²) in [7, 11) is 0. The van der Waals surface area contributed by atoms with Crippen molar-refractivity contribution >= 4 is 6.09 Å². The summed E-state index contributed by atoms with van der Waals surface area (Å²) in [5.41, 5.74) is 0.754. The molecular weight excluding hydrogens is 266 g/mol. The molecule has 0 aromatic carbocycles. The van der Waals surface area contributed by atoms with Crippen molar-refractivity contribution < 1.29 is 18.3 Å². The van der Waals surface area contributed by atoms with Gasteiger partial charge in [-0.2, -0.15) is 0 Å². The van der Waals surface area contributed by atoms with Gasteiger partial charge in [0, 0.05) is 30.4 Å². The zero-order valence-electron chi connectivity index (χ0n) is 11.8. The highest BCUT2D eigenvalue weighted by molar-refractivity contribution is 5.68. The summed E-state index contributed by atoms with van der Waals surface area (Å²) in [6.45, 7) is 6.12. The van der Waals surface area contributed by atoms with E-state index in [1.807, 2.05) is 0 Å². The van der Waals surface area contributed by atoms with E-state index in [9.17, 15) is 13.6 Å². The molecule has 110 valence electrons. The molecule has 1 aromatic heterocycles. The number of fused-ring (bicyclic) bond motifs is 1.